The molecule has 2 heteroatoms. The Morgan fingerprint density at radius 1 is 1.17 bits per heavy atom. The maximum Gasteiger partial charge on any atom is 0.0885 e. The number of hydrogen-bond donors (Lipinski definition) is 0. The molecule has 0 aromatic carbocycles. The van der Waals surface area contributed by atoms with E-state index in [1.54, 1.807) is 0 Å². The molecule has 1 radical (unpaired) electrons. The summed E-state index contributed by atoms with van der Waals surface area (Å²) in [6.45, 7) is 7.55. The largest absolute Gasteiger partial charge is 0.303 e. The molecule has 0 saturated carbocycles. The maximum absolute atomic E-state index is 10.8. The molecule has 0 aromatic rings. The Balaban J connectivity index is 2.28. The summed E-state index contributed by atoms with van der Waals surface area (Å²) in [5.74, 6) is 0. The molecule has 0 spiro atoms. The molecule has 0 amide bonds. The highest BCUT2D eigenvalue weighted by Crippen LogP contribution is 2.19. The van der Waals surface area contributed by atoms with Gasteiger partial charge < -0.3 is 4.90 Å². The lowest BCUT2D eigenvalue weighted by Gasteiger charge is -2.33. The Labute approximate surface area is 75.6 Å². The van der Waals surface area contributed by atoms with E-state index in [1.807, 2.05) is 0 Å². The number of rotatable bonds is 3. The molecular formula is C10H20NO. The first-order valence-corrected chi connectivity index (χ1v) is 4.94. The fourth-order valence-electron chi connectivity index (χ4n) is 1.77. The second kappa shape index (κ2) is 4.24. The van der Waals surface area contributed by atoms with E-state index in [4.69, 9.17) is 0 Å². The van der Waals surface area contributed by atoms with E-state index in [1.165, 1.54) is 32.4 Å². The van der Waals surface area contributed by atoms with E-state index in [9.17, 15) is 5.11 Å². The van der Waals surface area contributed by atoms with Crippen molar-refractivity contribution in [2.24, 2.45) is 5.41 Å². The molecule has 71 valence electrons. The van der Waals surface area contributed by atoms with Gasteiger partial charge in [-0.3, -0.25) is 0 Å². The molecule has 1 fully saturated rings. The van der Waals surface area contributed by atoms with E-state index in [0.717, 1.165) is 6.54 Å². The van der Waals surface area contributed by atoms with Crippen LogP contribution in [-0.4, -0.2) is 31.1 Å². The molecule has 1 aliphatic rings. The SMILES string of the molecule is CC(C)(C[O])CN1CCCCC1. The van der Waals surface area contributed by atoms with Crippen molar-refractivity contribution in [1.82, 2.24) is 4.90 Å². The summed E-state index contributed by atoms with van der Waals surface area (Å²) in [5.41, 5.74) is -0.0304. The van der Waals surface area contributed by atoms with Crippen molar-refractivity contribution in [3.8, 4) is 0 Å². The molecule has 12 heavy (non-hydrogen) atoms. The molecule has 2 nitrogen and oxygen atoms in total. The van der Waals surface area contributed by atoms with Gasteiger partial charge in [0, 0.05) is 12.0 Å². The van der Waals surface area contributed by atoms with Crippen LogP contribution in [-0.2, 0) is 5.11 Å². The number of hydrogen-bond acceptors (Lipinski definition) is 1. The third-order valence-corrected chi connectivity index (χ3v) is 2.49. The van der Waals surface area contributed by atoms with Crippen molar-refractivity contribution in [3.63, 3.8) is 0 Å². The summed E-state index contributed by atoms with van der Waals surface area (Å²) in [6, 6.07) is 0. The Kier molecular flexibility index (Phi) is 3.53. The van der Waals surface area contributed by atoms with Crippen LogP contribution >= 0.6 is 0 Å². The normalized spacial score (nSPS) is 21.2. The molecule has 1 saturated heterocycles. The third kappa shape index (κ3) is 3.11. The van der Waals surface area contributed by atoms with Crippen molar-refractivity contribution in [1.29, 1.82) is 0 Å². The Hall–Kier alpha value is -0.0800. The van der Waals surface area contributed by atoms with Gasteiger partial charge in [0.15, 0.2) is 0 Å². The lowest BCUT2D eigenvalue weighted by Crippen LogP contribution is -2.39. The quantitative estimate of drug-likeness (QED) is 0.634. The predicted molar refractivity (Wildman–Crippen MR) is 49.6 cm³/mol. The van der Waals surface area contributed by atoms with Gasteiger partial charge in [0.1, 0.15) is 0 Å². The van der Waals surface area contributed by atoms with Gasteiger partial charge in [-0.15, -0.1) is 0 Å². The van der Waals surface area contributed by atoms with Gasteiger partial charge in [0.05, 0.1) is 6.61 Å². The Morgan fingerprint density at radius 3 is 2.25 bits per heavy atom. The third-order valence-electron chi connectivity index (χ3n) is 2.49. The summed E-state index contributed by atoms with van der Waals surface area (Å²) in [5, 5.41) is 10.8. The van der Waals surface area contributed by atoms with Crippen molar-refractivity contribution in [2.75, 3.05) is 26.2 Å². The van der Waals surface area contributed by atoms with Crippen LogP contribution in [0, 0.1) is 5.41 Å². The van der Waals surface area contributed by atoms with Gasteiger partial charge in [-0.2, -0.15) is 0 Å². The fraction of sp³-hybridized carbons (Fsp3) is 1.00. The minimum absolute atomic E-state index is 0.0304. The second-order valence-corrected chi connectivity index (χ2v) is 4.65. The Bertz CT molecular complexity index is 128. The highest BCUT2D eigenvalue weighted by atomic mass is 16.3. The van der Waals surface area contributed by atoms with Crippen molar-refractivity contribution < 1.29 is 5.11 Å². The van der Waals surface area contributed by atoms with Gasteiger partial charge in [-0.05, 0) is 25.9 Å². The molecule has 1 rings (SSSR count). The molecular weight excluding hydrogens is 150 g/mol. The first-order chi connectivity index (χ1) is 5.64. The molecule has 0 bridgehead atoms. The van der Waals surface area contributed by atoms with Gasteiger partial charge in [0.25, 0.3) is 0 Å². The molecule has 0 aliphatic carbocycles. The average Bonchev–Trinajstić information content (AvgIpc) is 2.06. The Morgan fingerprint density at radius 2 is 1.75 bits per heavy atom. The summed E-state index contributed by atoms with van der Waals surface area (Å²) in [6.07, 6.45) is 4.00. The van der Waals surface area contributed by atoms with E-state index < -0.39 is 0 Å². The standard InChI is InChI=1S/C10H20NO/c1-10(2,9-12)8-11-6-4-3-5-7-11/h3-9H2,1-2H3. The average molecular weight is 170 g/mol. The van der Waals surface area contributed by atoms with Gasteiger partial charge in [0.2, 0.25) is 0 Å². The number of nitrogens with zero attached hydrogens (tertiary/aromatic N) is 1. The molecule has 0 aromatic heterocycles. The lowest BCUT2D eigenvalue weighted by molar-refractivity contribution is 0.0542. The van der Waals surface area contributed by atoms with Gasteiger partial charge in [-0.1, -0.05) is 20.3 Å². The summed E-state index contributed by atoms with van der Waals surface area (Å²) < 4.78 is 0. The number of piperidine rings is 1. The topological polar surface area (TPSA) is 23.1 Å². The maximum atomic E-state index is 10.8. The van der Waals surface area contributed by atoms with Crippen LogP contribution in [0.3, 0.4) is 0 Å². The van der Waals surface area contributed by atoms with Crippen molar-refractivity contribution in [2.45, 2.75) is 33.1 Å². The van der Waals surface area contributed by atoms with Crippen LogP contribution in [0.5, 0.6) is 0 Å². The van der Waals surface area contributed by atoms with Crippen LogP contribution < -0.4 is 0 Å². The number of likely N-dealkylation sites (tertiary alicyclic amines) is 1. The monoisotopic (exact) mass is 170 g/mol. The van der Waals surface area contributed by atoms with Crippen molar-refractivity contribution >= 4 is 0 Å². The highest BCUT2D eigenvalue weighted by molar-refractivity contribution is 4.74. The first-order valence-electron chi connectivity index (χ1n) is 4.94. The predicted octanol–water partition coefficient (Wildman–Crippen LogP) is 1.93. The van der Waals surface area contributed by atoms with Gasteiger partial charge >= 0.3 is 0 Å². The van der Waals surface area contributed by atoms with Crippen molar-refractivity contribution in [3.05, 3.63) is 0 Å². The zero-order valence-electron chi connectivity index (χ0n) is 8.31. The van der Waals surface area contributed by atoms with Crippen LogP contribution in [0.2, 0.25) is 0 Å². The minimum atomic E-state index is -0.0304. The smallest absolute Gasteiger partial charge is 0.0885 e. The van der Waals surface area contributed by atoms with E-state index in [2.05, 4.69) is 18.7 Å². The molecule has 0 unspecified atom stereocenters. The van der Waals surface area contributed by atoms with Crippen LogP contribution in [0.15, 0.2) is 0 Å². The summed E-state index contributed by atoms with van der Waals surface area (Å²) in [4.78, 5) is 2.43. The zero-order valence-corrected chi connectivity index (χ0v) is 8.31. The van der Waals surface area contributed by atoms with E-state index in [-0.39, 0.29) is 12.0 Å². The fourth-order valence-corrected chi connectivity index (χ4v) is 1.77. The minimum Gasteiger partial charge on any atom is -0.303 e. The van der Waals surface area contributed by atoms with E-state index >= 15 is 0 Å². The van der Waals surface area contributed by atoms with Crippen LogP contribution in [0.25, 0.3) is 0 Å². The highest BCUT2D eigenvalue weighted by Gasteiger charge is 2.22. The first kappa shape index (κ1) is 10.0. The summed E-state index contributed by atoms with van der Waals surface area (Å²) >= 11 is 0. The molecule has 1 aliphatic heterocycles. The lowest BCUT2D eigenvalue weighted by atomic mass is 9.93. The van der Waals surface area contributed by atoms with E-state index in [0.29, 0.717) is 0 Å². The van der Waals surface area contributed by atoms with Crippen LogP contribution in [0.1, 0.15) is 33.1 Å². The summed E-state index contributed by atoms with van der Waals surface area (Å²) in [7, 11) is 0. The molecule has 0 atom stereocenters. The zero-order chi connectivity index (χ0) is 9.03. The van der Waals surface area contributed by atoms with Crippen LogP contribution in [0.4, 0.5) is 0 Å². The molecule has 0 N–H and O–H groups in total. The van der Waals surface area contributed by atoms with Gasteiger partial charge in [-0.25, -0.2) is 5.11 Å². The second-order valence-electron chi connectivity index (χ2n) is 4.65. The molecule has 1 heterocycles.